The van der Waals surface area contributed by atoms with Crippen molar-refractivity contribution in [3.63, 3.8) is 0 Å². The van der Waals surface area contributed by atoms with Crippen LogP contribution < -0.4 is 0 Å². The van der Waals surface area contributed by atoms with Crippen LogP contribution in [-0.2, 0) is 4.74 Å². The van der Waals surface area contributed by atoms with E-state index in [0.717, 1.165) is 11.4 Å². The van der Waals surface area contributed by atoms with Gasteiger partial charge in [-0.15, -0.1) is 0 Å². The van der Waals surface area contributed by atoms with Crippen LogP contribution >= 0.6 is 22.6 Å². The summed E-state index contributed by atoms with van der Waals surface area (Å²) in [6.07, 6.45) is 3.83. The number of rotatable bonds is 4. The molecule has 0 fully saturated rings. The first-order valence-corrected chi connectivity index (χ1v) is 6.58. The number of ether oxygens (including phenoxy) is 1. The third-order valence-corrected chi connectivity index (χ3v) is 3.31. The number of imidazole rings is 1. The lowest BCUT2D eigenvalue weighted by molar-refractivity contribution is 0.163. The van der Waals surface area contributed by atoms with Gasteiger partial charge in [-0.3, -0.25) is 0 Å². The molecule has 2 rings (SSSR count). The fourth-order valence-electron chi connectivity index (χ4n) is 1.84. The van der Waals surface area contributed by atoms with E-state index in [-0.39, 0.29) is 6.04 Å². The molecule has 2 aromatic rings. The first-order chi connectivity index (χ1) is 8.22. The summed E-state index contributed by atoms with van der Waals surface area (Å²) in [6, 6.07) is 8.64. The van der Waals surface area contributed by atoms with Crippen molar-refractivity contribution < 1.29 is 4.74 Å². The highest BCUT2D eigenvalue weighted by molar-refractivity contribution is 14.1. The van der Waals surface area contributed by atoms with Gasteiger partial charge in [0.15, 0.2) is 0 Å². The zero-order valence-electron chi connectivity index (χ0n) is 9.93. The molecule has 90 valence electrons. The zero-order valence-corrected chi connectivity index (χ0v) is 12.1. The molecular weight excluding hydrogens is 327 g/mol. The molecule has 0 spiro atoms. The van der Waals surface area contributed by atoms with Gasteiger partial charge in [0.2, 0.25) is 0 Å². The van der Waals surface area contributed by atoms with Crippen molar-refractivity contribution in [3.05, 3.63) is 40.2 Å². The number of methoxy groups -OCH3 is 1. The van der Waals surface area contributed by atoms with Crippen molar-refractivity contribution in [2.24, 2.45) is 0 Å². The van der Waals surface area contributed by atoms with Gasteiger partial charge in [-0.2, -0.15) is 0 Å². The predicted molar refractivity (Wildman–Crippen MR) is 77.0 cm³/mol. The topological polar surface area (TPSA) is 27.1 Å². The molecule has 0 saturated carbocycles. The molecule has 0 aliphatic carbocycles. The lowest BCUT2D eigenvalue weighted by Gasteiger charge is -2.15. The minimum Gasteiger partial charge on any atom is -0.383 e. The molecule has 17 heavy (non-hydrogen) atoms. The fraction of sp³-hybridized carbons (Fsp3) is 0.308. The zero-order chi connectivity index (χ0) is 12.3. The van der Waals surface area contributed by atoms with E-state index in [1.54, 1.807) is 7.11 Å². The third-order valence-electron chi connectivity index (χ3n) is 2.63. The predicted octanol–water partition coefficient (Wildman–Crippen LogP) is 3.36. The largest absolute Gasteiger partial charge is 0.383 e. The molecule has 1 unspecified atom stereocenters. The number of hydrogen-bond donors (Lipinski definition) is 0. The monoisotopic (exact) mass is 342 g/mol. The van der Waals surface area contributed by atoms with Crippen molar-refractivity contribution in [3.8, 4) is 11.4 Å². The van der Waals surface area contributed by atoms with Gasteiger partial charge in [0, 0.05) is 28.6 Å². The average Bonchev–Trinajstić information content (AvgIpc) is 2.78. The normalized spacial score (nSPS) is 12.6. The molecule has 4 heteroatoms. The lowest BCUT2D eigenvalue weighted by Crippen LogP contribution is -2.11. The quantitative estimate of drug-likeness (QED) is 0.797. The van der Waals surface area contributed by atoms with Crippen LogP contribution in [0.2, 0.25) is 0 Å². The molecule has 1 atom stereocenters. The minimum absolute atomic E-state index is 0.287. The maximum absolute atomic E-state index is 5.19. The Bertz CT molecular complexity index is 496. The van der Waals surface area contributed by atoms with Crippen LogP contribution in [0.3, 0.4) is 0 Å². The molecule has 0 radical (unpaired) electrons. The molecule has 1 aromatic heterocycles. The first kappa shape index (κ1) is 12.6. The van der Waals surface area contributed by atoms with E-state index >= 15 is 0 Å². The minimum atomic E-state index is 0.287. The van der Waals surface area contributed by atoms with Gasteiger partial charge >= 0.3 is 0 Å². The van der Waals surface area contributed by atoms with Crippen LogP contribution in [0, 0.1) is 3.57 Å². The van der Waals surface area contributed by atoms with Crippen molar-refractivity contribution in [1.82, 2.24) is 9.55 Å². The molecule has 0 bridgehead atoms. The lowest BCUT2D eigenvalue weighted by atomic mass is 10.2. The summed E-state index contributed by atoms with van der Waals surface area (Å²) in [6.45, 7) is 2.82. The highest BCUT2D eigenvalue weighted by atomic mass is 127. The van der Waals surface area contributed by atoms with E-state index in [9.17, 15) is 0 Å². The second-order valence-electron chi connectivity index (χ2n) is 3.97. The molecule has 0 N–H and O–H groups in total. The van der Waals surface area contributed by atoms with E-state index < -0.39 is 0 Å². The molecule has 0 saturated heterocycles. The maximum atomic E-state index is 5.19. The Labute approximate surface area is 115 Å². The summed E-state index contributed by atoms with van der Waals surface area (Å²) >= 11 is 2.31. The van der Waals surface area contributed by atoms with Gasteiger partial charge in [-0.25, -0.2) is 4.98 Å². The fourth-order valence-corrected chi connectivity index (χ4v) is 2.38. The Morgan fingerprint density at radius 3 is 3.00 bits per heavy atom. The second-order valence-corrected chi connectivity index (χ2v) is 5.22. The highest BCUT2D eigenvalue weighted by Gasteiger charge is 2.11. The molecule has 1 heterocycles. The number of hydrogen-bond acceptors (Lipinski definition) is 2. The summed E-state index contributed by atoms with van der Waals surface area (Å²) in [5.74, 6) is 0.994. The smallest absolute Gasteiger partial charge is 0.140 e. The summed E-state index contributed by atoms with van der Waals surface area (Å²) < 4.78 is 8.56. The van der Waals surface area contributed by atoms with Crippen LogP contribution in [0.5, 0.6) is 0 Å². The van der Waals surface area contributed by atoms with E-state index in [0.29, 0.717) is 6.61 Å². The SMILES string of the molecule is COCC(C)n1ccnc1-c1cccc(I)c1. The summed E-state index contributed by atoms with van der Waals surface area (Å²) in [5, 5.41) is 0. The van der Waals surface area contributed by atoms with Crippen LogP contribution in [0.4, 0.5) is 0 Å². The van der Waals surface area contributed by atoms with Gasteiger partial charge in [0.1, 0.15) is 5.82 Å². The summed E-state index contributed by atoms with van der Waals surface area (Å²) in [5.41, 5.74) is 1.14. The Kier molecular flexibility index (Phi) is 4.17. The molecule has 0 aliphatic rings. The van der Waals surface area contributed by atoms with Gasteiger partial charge in [-0.1, -0.05) is 12.1 Å². The van der Waals surface area contributed by atoms with E-state index in [1.165, 1.54) is 3.57 Å². The van der Waals surface area contributed by atoms with Crippen molar-refractivity contribution >= 4 is 22.6 Å². The molecule has 0 aliphatic heterocycles. The third kappa shape index (κ3) is 2.87. The molecular formula is C13H15IN2O. The van der Waals surface area contributed by atoms with Crippen molar-refractivity contribution in [2.45, 2.75) is 13.0 Å². The van der Waals surface area contributed by atoms with Crippen LogP contribution in [0.25, 0.3) is 11.4 Å². The van der Waals surface area contributed by atoms with E-state index in [1.807, 2.05) is 12.4 Å². The first-order valence-electron chi connectivity index (χ1n) is 5.50. The Hall–Kier alpha value is -0.880. The summed E-state index contributed by atoms with van der Waals surface area (Å²) in [7, 11) is 1.72. The molecule has 1 aromatic carbocycles. The Morgan fingerprint density at radius 1 is 1.47 bits per heavy atom. The van der Waals surface area contributed by atoms with E-state index in [2.05, 4.69) is 63.3 Å². The number of benzene rings is 1. The second kappa shape index (κ2) is 5.64. The van der Waals surface area contributed by atoms with Gasteiger partial charge in [0.05, 0.1) is 12.6 Å². The molecule has 3 nitrogen and oxygen atoms in total. The van der Waals surface area contributed by atoms with Gasteiger partial charge in [-0.05, 0) is 41.6 Å². The van der Waals surface area contributed by atoms with Crippen LogP contribution in [-0.4, -0.2) is 23.3 Å². The van der Waals surface area contributed by atoms with Crippen molar-refractivity contribution in [2.75, 3.05) is 13.7 Å². The highest BCUT2D eigenvalue weighted by Crippen LogP contribution is 2.22. The van der Waals surface area contributed by atoms with E-state index in [4.69, 9.17) is 4.74 Å². The van der Waals surface area contributed by atoms with Crippen LogP contribution in [0.15, 0.2) is 36.7 Å². The van der Waals surface area contributed by atoms with Crippen LogP contribution in [0.1, 0.15) is 13.0 Å². The standard InChI is InChI=1S/C13H15IN2O/c1-10(9-17-2)16-7-6-15-13(16)11-4-3-5-12(14)8-11/h3-8,10H,9H2,1-2H3. The number of aromatic nitrogens is 2. The number of nitrogens with zero attached hydrogens (tertiary/aromatic N) is 2. The summed E-state index contributed by atoms with van der Waals surface area (Å²) in [4.78, 5) is 4.43. The molecule has 0 amide bonds. The maximum Gasteiger partial charge on any atom is 0.140 e. The Balaban J connectivity index is 2.36. The van der Waals surface area contributed by atoms with Gasteiger partial charge in [0.25, 0.3) is 0 Å². The Morgan fingerprint density at radius 2 is 2.29 bits per heavy atom. The van der Waals surface area contributed by atoms with Gasteiger partial charge < -0.3 is 9.30 Å². The average molecular weight is 342 g/mol. The van der Waals surface area contributed by atoms with Crippen molar-refractivity contribution in [1.29, 1.82) is 0 Å². The number of halogens is 1.